The number of oxazole rings is 1. The van der Waals surface area contributed by atoms with Crippen molar-refractivity contribution in [3.63, 3.8) is 0 Å². The third-order valence-electron chi connectivity index (χ3n) is 3.06. The van der Waals surface area contributed by atoms with E-state index in [1.54, 1.807) is 6.20 Å². The van der Waals surface area contributed by atoms with Crippen molar-refractivity contribution in [1.29, 1.82) is 0 Å². The summed E-state index contributed by atoms with van der Waals surface area (Å²) in [6.45, 7) is 0.701. The number of anilines is 1. The minimum absolute atomic E-state index is 0.701. The monoisotopic (exact) mass is 362 g/mol. The van der Waals surface area contributed by atoms with Crippen LogP contribution in [0.25, 0.3) is 11.3 Å². The topological polar surface area (TPSA) is 38.1 Å². The van der Waals surface area contributed by atoms with Gasteiger partial charge in [-0.15, -0.1) is 0 Å². The molecule has 3 rings (SSSR count). The average molecular weight is 364 g/mol. The highest BCUT2D eigenvalue weighted by molar-refractivity contribution is 9.10. The van der Waals surface area contributed by atoms with Crippen molar-refractivity contribution < 1.29 is 4.42 Å². The minimum Gasteiger partial charge on any atom is -0.444 e. The third-order valence-corrected chi connectivity index (χ3v) is 4.29. The zero-order valence-electron chi connectivity index (χ0n) is 11.0. The molecule has 0 aliphatic carbocycles. The van der Waals surface area contributed by atoms with Gasteiger partial charge in [-0.05, 0) is 45.8 Å². The van der Waals surface area contributed by atoms with E-state index in [-0.39, 0.29) is 0 Å². The molecule has 1 heterocycles. The highest BCUT2D eigenvalue weighted by Crippen LogP contribution is 2.25. The molecular weight excluding hydrogens is 352 g/mol. The van der Waals surface area contributed by atoms with Crippen molar-refractivity contribution in [2.24, 2.45) is 0 Å². The Labute approximate surface area is 136 Å². The van der Waals surface area contributed by atoms with Crippen LogP contribution in [-0.4, -0.2) is 4.98 Å². The quantitative estimate of drug-likeness (QED) is 0.677. The summed E-state index contributed by atoms with van der Waals surface area (Å²) in [5, 5.41) is 4.09. The van der Waals surface area contributed by atoms with Gasteiger partial charge in [0.1, 0.15) is 0 Å². The van der Waals surface area contributed by atoms with E-state index in [0.29, 0.717) is 11.6 Å². The Hall–Kier alpha value is -1.78. The molecule has 5 heteroatoms. The number of hydrogen-bond acceptors (Lipinski definition) is 3. The van der Waals surface area contributed by atoms with Crippen molar-refractivity contribution in [3.8, 4) is 11.3 Å². The number of halogens is 2. The molecule has 0 saturated heterocycles. The molecular formula is C16H12BrClN2O. The lowest BCUT2D eigenvalue weighted by Gasteiger charge is -2.08. The van der Waals surface area contributed by atoms with E-state index in [2.05, 4.69) is 26.2 Å². The molecule has 0 spiro atoms. The zero-order chi connectivity index (χ0) is 14.7. The van der Waals surface area contributed by atoms with Gasteiger partial charge in [0.25, 0.3) is 0 Å². The number of nitrogens with zero attached hydrogens (tertiary/aromatic N) is 1. The van der Waals surface area contributed by atoms with Crippen LogP contribution in [0.1, 0.15) is 5.56 Å². The molecule has 0 amide bonds. The number of nitrogens with one attached hydrogen (secondary N) is 1. The fourth-order valence-corrected chi connectivity index (χ4v) is 2.44. The highest BCUT2D eigenvalue weighted by atomic mass is 79.9. The lowest BCUT2D eigenvalue weighted by molar-refractivity contribution is 0.572. The minimum atomic E-state index is 0.701. The summed E-state index contributed by atoms with van der Waals surface area (Å²) in [6.07, 6.45) is 3.13. The first-order chi connectivity index (χ1) is 10.2. The number of benzene rings is 2. The van der Waals surface area contributed by atoms with Crippen LogP contribution < -0.4 is 5.32 Å². The first-order valence-electron chi connectivity index (χ1n) is 6.39. The molecule has 0 aliphatic heterocycles. The molecule has 0 saturated carbocycles. The molecule has 3 aromatic rings. The molecule has 0 fully saturated rings. The molecule has 106 valence electrons. The largest absolute Gasteiger partial charge is 0.444 e. The van der Waals surface area contributed by atoms with E-state index < -0.39 is 0 Å². The van der Waals surface area contributed by atoms with Gasteiger partial charge in [0.2, 0.25) is 0 Å². The number of hydrogen-bond donors (Lipinski definition) is 1. The van der Waals surface area contributed by atoms with Crippen molar-refractivity contribution in [3.05, 3.63) is 70.1 Å². The fraction of sp³-hybridized carbons (Fsp3) is 0.0625. The fourth-order valence-electron chi connectivity index (χ4n) is 1.99. The second kappa shape index (κ2) is 6.33. The van der Waals surface area contributed by atoms with Crippen LogP contribution in [0.5, 0.6) is 0 Å². The van der Waals surface area contributed by atoms with Gasteiger partial charge in [0.05, 0.1) is 11.2 Å². The molecule has 21 heavy (non-hydrogen) atoms. The van der Waals surface area contributed by atoms with Crippen molar-refractivity contribution in [1.82, 2.24) is 4.98 Å². The van der Waals surface area contributed by atoms with E-state index in [1.165, 1.54) is 6.39 Å². The molecule has 0 unspecified atom stereocenters. The second-order valence-electron chi connectivity index (χ2n) is 4.55. The van der Waals surface area contributed by atoms with Gasteiger partial charge in [-0.2, -0.15) is 0 Å². The summed E-state index contributed by atoms with van der Waals surface area (Å²) in [4.78, 5) is 3.93. The van der Waals surface area contributed by atoms with Gasteiger partial charge < -0.3 is 9.73 Å². The van der Waals surface area contributed by atoms with Crippen LogP contribution in [0, 0.1) is 0 Å². The molecule has 1 N–H and O–H groups in total. The first kappa shape index (κ1) is 14.2. The van der Waals surface area contributed by atoms with Crippen molar-refractivity contribution in [2.45, 2.75) is 6.54 Å². The normalized spacial score (nSPS) is 10.6. The van der Waals surface area contributed by atoms with Crippen LogP contribution in [0.2, 0.25) is 5.02 Å². The van der Waals surface area contributed by atoms with Gasteiger partial charge in [0, 0.05) is 22.3 Å². The first-order valence-corrected chi connectivity index (χ1v) is 7.56. The summed E-state index contributed by atoms with van der Waals surface area (Å²) >= 11 is 9.48. The molecule has 0 bridgehead atoms. The van der Waals surface area contributed by atoms with E-state index in [0.717, 1.165) is 27.0 Å². The van der Waals surface area contributed by atoms with E-state index in [4.69, 9.17) is 16.0 Å². The van der Waals surface area contributed by atoms with Gasteiger partial charge in [0.15, 0.2) is 12.2 Å². The van der Waals surface area contributed by atoms with Crippen molar-refractivity contribution in [2.75, 3.05) is 5.32 Å². The standard InChI is InChI=1S/C16H12BrClN2O/c17-14-5-4-11(6-15(14)18)8-20-13-3-1-2-12(7-13)16-9-19-10-21-16/h1-7,9-10,20H,8H2. The Bertz CT molecular complexity index is 744. The molecule has 2 aromatic carbocycles. The van der Waals surface area contributed by atoms with E-state index in [9.17, 15) is 0 Å². The molecule has 3 nitrogen and oxygen atoms in total. The molecule has 0 radical (unpaired) electrons. The molecule has 0 aliphatic rings. The molecule has 0 atom stereocenters. The summed E-state index contributed by atoms with van der Waals surface area (Å²) < 4.78 is 6.21. The van der Waals surface area contributed by atoms with Crippen LogP contribution in [0.3, 0.4) is 0 Å². The third kappa shape index (κ3) is 3.46. The van der Waals surface area contributed by atoms with Gasteiger partial charge in [-0.1, -0.05) is 29.8 Å². The van der Waals surface area contributed by atoms with Gasteiger partial charge >= 0.3 is 0 Å². The average Bonchev–Trinajstić information content (AvgIpc) is 3.03. The highest BCUT2D eigenvalue weighted by Gasteiger charge is 2.03. The van der Waals surface area contributed by atoms with Crippen LogP contribution >= 0.6 is 27.5 Å². The lowest BCUT2D eigenvalue weighted by Crippen LogP contribution is -1.99. The SMILES string of the molecule is Clc1cc(CNc2cccc(-c3cnco3)c2)ccc1Br. The smallest absolute Gasteiger partial charge is 0.181 e. The van der Waals surface area contributed by atoms with Crippen molar-refractivity contribution >= 4 is 33.2 Å². The Kier molecular flexibility index (Phi) is 4.27. The summed E-state index contributed by atoms with van der Waals surface area (Å²) in [6, 6.07) is 13.9. The number of aromatic nitrogens is 1. The van der Waals surface area contributed by atoms with Crippen LogP contribution in [0.4, 0.5) is 5.69 Å². The Morgan fingerprint density at radius 3 is 2.86 bits per heavy atom. The van der Waals surface area contributed by atoms with Gasteiger partial charge in [-0.3, -0.25) is 0 Å². The Morgan fingerprint density at radius 2 is 2.10 bits per heavy atom. The lowest BCUT2D eigenvalue weighted by atomic mass is 10.1. The Balaban J connectivity index is 1.73. The zero-order valence-corrected chi connectivity index (χ0v) is 13.4. The predicted octanol–water partition coefficient (Wildman–Crippen LogP) is 5.37. The summed E-state index contributed by atoms with van der Waals surface area (Å²) in [5.74, 6) is 0.755. The number of rotatable bonds is 4. The van der Waals surface area contributed by atoms with E-state index >= 15 is 0 Å². The molecule has 1 aromatic heterocycles. The maximum absolute atomic E-state index is 6.09. The maximum Gasteiger partial charge on any atom is 0.181 e. The predicted molar refractivity (Wildman–Crippen MR) is 88.4 cm³/mol. The van der Waals surface area contributed by atoms with Crippen LogP contribution in [-0.2, 0) is 6.54 Å². The maximum atomic E-state index is 6.09. The summed E-state index contributed by atoms with van der Waals surface area (Å²) in [7, 11) is 0. The van der Waals surface area contributed by atoms with Crippen LogP contribution in [0.15, 0.2) is 63.9 Å². The summed E-state index contributed by atoms with van der Waals surface area (Å²) in [5.41, 5.74) is 3.13. The Morgan fingerprint density at radius 1 is 1.19 bits per heavy atom. The second-order valence-corrected chi connectivity index (χ2v) is 5.81. The van der Waals surface area contributed by atoms with Gasteiger partial charge in [-0.25, -0.2) is 4.98 Å². The van der Waals surface area contributed by atoms with E-state index in [1.807, 2.05) is 42.5 Å².